The summed E-state index contributed by atoms with van der Waals surface area (Å²) in [6.07, 6.45) is -0.643. The first-order chi connectivity index (χ1) is 8.34. The van der Waals surface area contributed by atoms with Crippen LogP contribution in [-0.4, -0.2) is 59.3 Å². The normalized spacial score (nSPS) is 46.3. The molecule has 102 valence electrons. The summed E-state index contributed by atoms with van der Waals surface area (Å²) in [6.45, 7) is 1.74. The van der Waals surface area contributed by atoms with Gasteiger partial charge in [0, 0.05) is 7.05 Å². The van der Waals surface area contributed by atoms with Crippen LogP contribution in [0.4, 0.5) is 0 Å². The van der Waals surface area contributed by atoms with E-state index in [0.29, 0.717) is 6.42 Å². The SMILES string of the molecule is CC(I)C(=O)OC1C2CC3C(O2)C1N(C)S3(=O)=O. The van der Waals surface area contributed by atoms with Gasteiger partial charge in [0.1, 0.15) is 15.3 Å². The number of hydrogen-bond acceptors (Lipinski definition) is 5. The van der Waals surface area contributed by atoms with Gasteiger partial charge in [0.05, 0.1) is 18.2 Å². The molecule has 3 rings (SSSR count). The molecule has 6 nitrogen and oxygen atoms in total. The van der Waals surface area contributed by atoms with Gasteiger partial charge in [-0.05, 0) is 13.3 Å². The number of hydrogen-bond donors (Lipinski definition) is 0. The molecule has 3 fully saturated rings. The number of alkyl halides is 1. The highest BCUT2D eigenvalue weighted by Gasteiger charge is 2.68. The number of fused-ring (bicyclic) bond motifs is 1. The minimum atomic E-state index is -3.28. The van der Waals surface area contributed by atoms with Gasteiger partial charge >= 0.3 is 5.97 Å². The zero-order valence-corrected chi connectivity index (χ0v) is 12.9. The van der Waals surface area contributed by atoms with Gasteiger partial charge in [-0.25, -0.2) is 8.42 Å². The van der Waals surface area contributed by atoms with E-state index in [-0.39, 0.29) is 28.1 Å². The summed E-state index contributed by atoms with van der Waals surface area (Å²) in [5, 5.41) is -0.454. The molecule has 3 saturated heterocycles. The van der Waals surface area contributed by atoms with Gasteiger partial charge in [0.15, 0.2) is 0 Å². The molecule has 3 aliphatic heterocycles. The number of carbonyl (C=O) groups excluding carboxylic acids is 1. The lowest BCUT2D eigenvalue weighted by Gasteiger charge is -2.26. The Morgan fingerprint density at radius 1 is 1.56 bits per heavy atom. The Bertz CT molecular complexity index is 492. The topological polar surface area (TPSA) is 72.9 Å². The van der Waals surface area contributed by atoms with E-state index < -0.39 is 21.4 Å². The molecule has 0 aromatic carbocycles. The quantitative estimate of drug-likeness (QED) is 0.376. The van der Waals surface area contributed by atoms with Crippen LogP contribution < -0.4 is 0 Å². The highest BCUT2D eigenvalue weighted by Crippen LogP contribution is 2.48. The van der Waals surface area contributed by atoms with Crippen LogP contribution in [0.1, 0.15) is 13.3 Å². The summed E-state index contributed by atoms with van der Waals surface area (Å²) >= 11 is 1.98. The zero-order chi connectivity index (χ0) is 13.2. The molecule has 0 spiro atoms. The van der Waals surface area contributed by atoms with Gasteiger partial charge in [0.2, 0.25) is 10.0 Å². The maximum absolute atomic E-state index is 12.1. The fourth-order valence-corrected chi connectivity index (χ4v) is 5.24. The van der Waals surface area contributed by atoms with Crippen molar-refractivity contribution in [2.75, 3.05) is 7.05 Å². The summed E-state index contributed by atoms with van der Waals surface area (Å²) in [5.41, 5.74) is 0. The average Bonchev–Trinajstić information content (AvgIpc) is 2.88. The fraction of sp³-hybridized carbons (Fsp3) is 0.900. The largest absolute Gasteiger partial charge is 0.457 e. The monoisotopic (exact) mass is 387 g/mol. The molecule has 18 heavy (non-hydrogen) atoms. The van der Waals surface area contributed by atoms with Crippen LogP contribution in [0.15, 0.2) is 0 Å². The summed E-state index contributed by atoms with van der Waals surface area (Å²) in [4.78, 5) is 11.7. The Morgan fingerprint density at radius 2 is 2.22 bits per heavy atom. The predicted molar refractivity (Wildman–Crippen MR) is 70.9 cm³/mol. The van der Waals surface area contributed by atoms with Crippen LogP contribution in [0, 0.1) is 0 Å². The second-order valence-corrected chi connectivity index (χ2v) is 9.06. The number of ether oxygens (including phenoxy) is 2. The van der Waals surface area contributed by atoms with Crippen molar-refractivity contribution in [3.8, 4) is 0 Å². The number of halogens is 1. The number of esters is 1. The van der Waals surface area contributed by atoms with Crippen LogP contribution in [0.3, 0.4) is 0 Å². The Balaban J connectivity index is 1.87. The highest BCUT2D eigenvalue weighted by molar-refractivity contribution is 14.1. The third kappa shape index (κ3) is 1.58. The first-order valence-corrected chi connectivity index (χ1v) is 8.56. The summed E-state index contributed by atoms with van der Waals surface area (Å²) in [7, 11) is -1.74. The molecule has 8 heteroatoms. The third-order valence-corrected chi connectivity index (χ3v) is 6.76. The van der Waals surface area contributed by atoms with Crippen molar-refractivity contribution in [1.82, 2.24) is 4.31 Å². The van der Waals surface area contributed by atoms with Crippen molar-refractivity contribution in [2.45, 2.75) is 46.9 Å². The summed E-state index contributed by atoms with van der Waals surface area (Å²) < 4.78 is 36.3. The molecule has 3 heterocycles. The minimum Gasteiger partial charge on any atom is -0.457 e. The van der Waals surface area contributed by atoms with Crippen molar-refractivity contribution in [3.63, 3.8) is 0 Å². The molecule has 0 radical (unpaired) electrons. The molecular weight excluding hydrogens is 373 g/mol. The lowest BCUT2D eigenvalue weighted by atomic mass is 9.92. The Kier molecular flexibility index (Phi) is 2.93. The van der Waals surface area contributed by atoms with E-state index in [9.17, 15) is 13.2 Å². The fourth-order valence-electron chi connectivity index (χ4n) is 3.09. The summed E-state index contributed by atoms with van der Waals surface area (Å²) in [6, 6.07) is -0.349. The van der Waals surface area contributed by atoms with Crippen LogP contribution in [-0.2, 0) is 24.3 Å². The third-order valence-electron chi connectivity index (χ3n) is 3.98. The van der Waals surface area contributed by atoms with Gasteiger partial charge in [-0.2, -0.15) is 4.31 Å². The number of sulfonamides is 1. The first-order valence-electron chi connectivity index (χ1n) is 5.81. The van der Waals surface area contributed by atoms with E-state index in [2.05, 4.69) is 0 Å². The predicted octanol–water partition coefficient (Wildman–Crippen LogP) is -0.0948. The Hall–Kier alpha value is 0.0700. The van der Waals surface area contributed by atoms with Crippen molar-refractivity contribution in [1.29, 1.82) is 0 Å². The van der Waals surface area contributed by atoms with Crippen LogP contribution >= 0.6 is 22.6 Å². The van der Waals surface area contributed by atoms with Crippen LogP contribution in [0.5, 0.6) is 0 Å². The van der Waals surface area contributed by atoms with Crippen molar-refractivity contribution in [2.24, 2.45) is 0 Å². The average molecular weight is 387 g/mol. The highest BCUT2D eigenvalue weighted by atomic mass is 127. The number of carbonyl (C=O) groups is 1. The Labute approximate surface area is 119 Å². The molecule has 0 aliphatic carbocycles. The second kappa shape index (κ2) is 4.03. The Morgan fingerprint density at radius 3 is 2.83 bits per heavy atom. The maximum Gasteiger partial charge on any atom is 0.319 e. The first kappa shape index (κ1) is 13.1. The number of rotatable bonds is 2. The summed E-state index contributed by atoms with van der Waals surface area (Å²) in [5.74, 6) is -0.314. The standard InChI is InChI=1S/C10H14INO5S/c1-4(11)10(13)17-8-5-3-6-9(16-5)7(8)12(2)18(6,14)15/h4-9H,3H2,1-2H3. The van der Waals surface area contributed by atoms with E-state index >= 15 is 0 Å². The lowest BCUT2D eigenvalue weighted by molar-refractivity contribution is -0.151. The van der Waals surface area contributed by atoms with E-state index in [4.69, 9.17) is 9.47 Å². The smallest absolute Gasteiger partial charge is 0.319 e. The number of nitrogens with zero attached hydrogens (tertiary/aromatic N) is 1. The minimum absolute atomic E-state index is 0.249. The zero-order valence-electron chi connectivity index (χ0n) is 9.95. The van der Waals surface area contributed by atoms with Gasteiger partial charge < -0.3 is 9.47 Å². The van der Waals surface area contributed by atoms with Crippen molar-refractivity contribution in [3.05, 3.63) is 0 Å². The van der Waals surface area contributed by atoms with E-state index in [1.54, 1.807) is 14.0 Å². The molecule has 6 atom stereocenters. The molecular formula is C10H14INO5S. The van der Waals surface area contributed by atoms with Gasteiger partial charge in [-0.15, -0.1) is 0 Å². The van der Waals surface area contributed by atoms with E-state index in [1.807, 2.05) is 22.6 Å². The lowest BCUT2D eigenvalue weighted by Crippen LogP contribution is -2.46. The van der Waals surface area contributed by atoms with E-state index in [0.717, 1.165) is 0 Å². The van der Waals surface area contributed by atoms with Crippen LogP contribution in [0.2, 0.25) is 0 Å². The molecule has 0 amide bonds. The maximum atomic E-state index is 12.1. The molecule has 0 aromatic heterocycles. The second-order valence-electron chi connectivity index (χ2n) is 4.98. The van der Waals surface area contributed by atoms with Gasteiger partial charge in [-0.3, -0.25) is 4.79 Å². The molecule has 0 N–H and O–H groups in total. The van der Waals surface area contributed by atoms with Crippen molar-refractivity contribution >= 4 is 38.6 Å². The van der Waals surface area contributed by atoms with Crippen LogP contribution in [0.25, 0.3) is 0 Å². The van der Waals surface area contributed by atoms with Gasteiger partial charge in [-0.1, -0.05) is 22.6 Å². The molecule has 2 bridgehead atoms. The number of likely N-dealkylation sites (N-methyl/N-ethyl adjacent to an activating group) is 1. The van der Waals surface area contributed by atoms with E-state index in [1.165, 1.54) is 4.31 Å². The molecule has 6 unspecified atom stereocenters. The van der Waals surface area contributed by atoms with Gasteiger partial charge in [0.25, 0.3) is 0 Å². The van der Waals surface area contributed by atoms with Crippen molar-refractivity contribution < 1.29 is 22.7 Å². The molecule has 0 saturated carbocycles. The molecule has 3 aliphatic rings. The molecule has 0 aromatic rings.